The average molecular weight is 282 g/mol. The maximum Gasteiger partial charge on any atom is 0.389 e. The number of fused-ring (bicyclic) bond motifs is 1. The quantitative estimate of drug-likeness (QED) is 0.650. The molecule has 2 aromatic carbocycles. The smallest absolute Gasteiger partial charge is 0.271 e. The molecule has 2 rings (SSSR count). The second-order valence-electron chi connectivity index (χ2n) is 4.86. The molecule has 0 fully saturated rings. The van der Waals surface area contributed by atoms with Gasteiger partial charge in [-0.2, -0.15) is 13.2 Å². The minimum absolute atomic E-state index is 0.0246. The molecule has 0 spiro atoms. The molecular formula is C15H17F3N2. The molecule has 5 heteroatoms. The van der Waals surface area contributed by atoms with Gasteiger partial charge in [0.15, 0.2) is 0 Å². The molecule has 0 aliphatic heterocycles. The van der Waals surface area contributed by atoms with Gasteiger partial charge in [0, 0.05) is 12.5 Å². The SMILES string of the molecule is NNC(CCC(F)(F)F)Cc1cccc2ccccc12. The standard InChI is InChI=1S/C15H17F3N2/c16-15(17,18)9-8-13(20-19)10-12-6-3-5-11-4-1-2-7-14(11)12/h1-7,13,20H,8-10,19H2. The predicted octanol–water partition coefficient (Wildman–Crippen LogP) is 3.56. The molecule has 0 radical (unpaired) electrons. The molecule has 0 saturated carbocycles. The molecule has 1 unspecified atom stereocenters. The van der Waals surface area contributed by atoms with Gasteiger partial charge in [-0.3, -0.25) is 11.3 Å². The molecule has 0 aliphatic carbocycles. The first-order valence-electron chi connectivity index (χ1n) is 6.49. The summed E-state index contributed by atoms with van der Waals surface area (Å²) in [6, 6.07) is 13.3. The maximum absolute atomic E-state index is 12.3. The topological polar surface area (TPSA) is 38.0 Å². The van der Waals surface area contributed by atoms with Crippen LogP contribution in [0.1, 0.15) is 18.4 Å². The third kappa shape index (κ3) is 3.95. The van der Waals surface area contributed by atoms with Crippen LogP contribution in [0.2, 0.25) is 0 Å². The van der Waals surface area contributed by atoms with Crippen molar-refractivity contribution in [2.45, 2.75) is 31.5 Å². The van der Waals surface area contributed by atoms with E-state index in [4.69, 9.17) is 5.84 Å². The molecule has 1 atom stereocenters. The fraction of sp³-hybridized carbons (Fsp3) is 0.333. The van der Waals surface area contributed by atoms with Crippen molar-refractivity contribution in [2.24, 2.45) is 5.84 Å². The summed E-state index contributed by atoms with van der Waals surface area (Å²) < 4.78 is 36.8. The number of nitrogens with two attached hydrogens (primary N) is 1. The minimum atomic E-state index is -4.14. The van der Waals surface area contributed by atoms with Crippen molar-refractivity contribution in [1.29, 1.82) is 0 Å². The van der Waals surface area contributed by atoms with Crippen LogP contribution >= 0.6 is 0 Å². The number of hydrazine groups is 1. The second-order valence-corrected chi connectivity index (χ2v) is 4.86. The van der Waals surface area contributed by atoms with Gasteiger partial charge < -0.3 is 0 Å². The first-order chi connectivity index (χ1) is 9.49. The van der Waals surface area contributed by atoms with Crippen LogP contribution in [0.5, 0.6) is 0 Å². The fourth-order valence-corrected chi connectivity index (χ4v) is 2.32. The van der Waals surface area contributed by atoms with E-state index in [-0.39, 0.29) is 12.5 Å². The molecule has 0 aliphatic rings. The number of alkyl halides is 3. The van der Waals surface area contributed by atoms with E-state index in [1.165, 1.54) is 0 Å². The second kappa shape index (κ2) is 6.24. The van der Waals surface area contributed by atoms with E-state index >= 15 is 0 Å². The Labute approximate surface area is 115 Å². The van der Waals surface area contributed by atoms with Gasteiger partial charge in [-0.15, -0.1) is 0 Å². The highest BCUT2D eigenvalue weighted by Gasteiger charge is 2.28. The third-order valence-corrected chi connectivity index (χ3v) is 3.36. The van der Waals surface area contributed by atoms with Gasteiger partial charge in [0.2, 0.25) is 0 Å². The fourth-order valence-electron chi connectivity index (χ4n) is 2.32. The molecule has 0 heterocycles. The van der Waals surface area contributed by atoms with Crippen molar-refractivity contribution in [2.75, 3.05) is 0 Å². The lowest BCUT2D eigenvalue weighted by molar-refractivity contribution is -0.136. The predicted molar refractivity (Wildman–Crippen MR) is 74.1 cm³/mol. The van der Waals surface area contributed by atoms with E-state index in [1.54, 1.807) is 0 Å². The summed E-state index contributed by atoms with van der Waals surface area (Å²) in [6.45, 7) is 0. The van der Waals surface area contributed by atoms with E-state index in [0.717, 1.165) is 16.3 Å². The lowest BCUT2D eigenvalue weighted by Crippen LogP contribution is -2.37. The van der Waals surface area contributed by atoms with Crippen LogP contribution in [0.15, 0.2) is 42.5 Å². The molecule has 20 heavy (non-hydrogen) atoms. The lowest BCUT2D eigenvalue weighted by atomic mass is 9.97. The Hall–Kier alpha value is -1.59. The van der Waals surface area contributed by atoms with E-state index in [2.05, 4.69) is 5.43 Å². The summed E-state index contributed by atoms with van der Waals surface area (Å²) in [7, 11) is 0. The summed E-state index contributed by atoms with van der Waals surface area (Å²) in [4.78, 5) is 0. The Kier molecular flexibility index (Phi) is 4.62. The van der Waals surface area contributed by atoms with Crippen LogP contribution in [0.3, 0.4) is 0 Å². The number of hydrogen-bond acceptors (Lipinski definition) is 2. The van der Waals surface area contributed by atoms with E-state index < -0.39 is 12.6 Å². The highest BCUT2D eigenvalue weighted by Crippen LogP contribution is 2.25. The zero-order chi connectivity index (χ0) is 14.6. The first kappa shape index (κ1) is 14.8. The first-order valence-corrected chi connectivity index (χ1v) is 6.49. The number of rotatable bonds is 5. The third-order valence-electron chi connectivity index (χ3n) is 3.36. The lowest BCUT2D eigenvalue weighted by Gasteiger charge is -2.18. The van der Waals surface area contributed by atoms with Gasteiger partial charge in [0.1, 0.15) is 0 Å². The largest absolute Gasteiger partial charge is 0.389 e. The van der Waals surface area contributed by atoms with E-state index in [1.807, 2.05) is 42.5 Å². The highest BCUT2D eigenvalue weighted by molar-refractivity contribution is 5.85. The number of nitrogens with one attached hydrogen (secondary N) is 1. The van der Waals surface area contributed by atoms with Crippen molar-refractivity contribution in [3.05, 3.63) is 48.0 Å². The summed E-state index contributed by atoms with van der Waals surface area (Å²) in [5, 5.41) is 2.14. The van der Waals surface area contributed by atoms with Gasteiger partial charge >= 0.3 is 6.18 Å². The Morgan fingerprint density at radius 3 is 2.45 bits per heavy atom. The van der Waals surface area contributed by atoms with E-state index in [9.17, 15) is 13.2 Å². The highest BCUT2D eigenvalue weighted by atomic mass is 19.4. The van der Waals surface area contributed by atoms with Crippen LogP contribution in [-0.2, 0) is 6.42 Å². The van der Waals surface area contributed by atoms with Gasteiger partial charge in [0.05, 0.1) is 0 Å². The molecule has 0 amide bonds. The maximum atomic E-state index is 12.3. The monoisotopic (exact) mass is 282 g/mol. The molecule has 2 aromatic rings. The van der Waals surface area contributed by atoms with Crippen LogP contribution in [-0.4, -0.2) is 12.2 Å². The van der Waals surface area contributed by atoms with Gasteiger partial charge in [-0.25, -0.2) is 0 Å². The zero-order valence-electron chi connectivity index (χ0n) is 11.0. The molecule has 108 valence electrons. The Morgan fingerprint density at radius 1 is 1.05 bits per heavy atom. The van der Waals surface area contributed by atoms with Gasteiger partial charge in [-0.1, -0.05) is 42.5 Å². The van der Waals surface area contributed by atoms with Crippen molar-refractivity contribution >= 4 is 10.8 Å². The van der Waals surface area contributed by atoms with E-state index in [0.29, 0.717) is 6.42 Å². The summed E-state index contributed by atoms with van der Waals surface area (Å²) in [6.07, 6.45) is -4.52. The molecular weight excluding hydrogens is 265 g/mol. The van der Waals surface area contributed by atoms with Gasteiger partial charge in [0.25, 0.3) is 0 Å². The average Bonchev–Trinajstić information content (AvgIpc) is 2.42. The molecule has 3 N–H and O–H groups in total. The number of benzene rings is 2. The summed E-state index contributed by atoms with van der Waals surface area (Å²) in [5.74, 6) is 5.38. The van der Waals surface area contributed by atoms with Crippen molar-refractivity contribution in [3.63, 3.8) is 0 Å². The Bertz CT molecular complexity index is 561. The Balaban J connectivity index is 2.13. The summed E-state index contributed by atoms with van der Waals surface area (Å²) in [5.41, 5.74) is 3.50. The van der Waals surface area contributed by atoms with Gasteiger partial charge in [-0.05, 0) is 29.2 Å². The minimum Gasteiger partial charge on any atom is -0.271 e. The molecule has 2 nitrogen and oxygen atoms in total. The normalized spacial score (nSPS) is 13.6. The van der Waals surface area contributed by atoms with Crippen molar-refractivity contribution < 1.29 is 13.2 Å². The summed E-state index contributed by atoms with van der Waals surface area (Å²) >= 11 is 0. The van der Waals surface area contributed by atoms with Crippen molar-refractivity contribution in [3.8, 4) is 0 Å². The molecule has 0 bridgehead atoms. The van der Waals surface area contributed by atoms with Crippen LogP contribution in [0, 0.1) is 0 Å². The van der Waals surface area contributed by atoms with Crippen LogP contribution in [0.25, 0.3) is 10.8 Å². The number of hydrogen-bond donors (Lipinski definition) is 2. The van der Waals surface area contributed by atoms with Crippen LogP contribution in [0.4, 0.5) is 13.2 Å². The van der Waals surface area contributed by atoms with Crippen molar-refractivity contribution in [1.82, 2.24) is 5.43 Å². The zero-order valence-corrected chi connectivity index (χ0v) is 11.0. The molecule has 0 aromatic heterocycles. The van der Waals surface area contributed by atoms with Crippen LogP contribution < -0.4 is 11.3 Å². The number of halogens is 3. The Morgan fingerprint density at radius 2 is 1.75 bits per heavy atom. The molecule has 0 saturated heterocycles.